The minimum Gasteiger partial charge on any atom is -0.358 e. The van der Waals surface area contributed by atoms with Gasteiger partial charge in [-0.15, -0.1) is 12.4 Å². The Bertz CT molecular complexity index is 792. The van der Waals surface area contributed by atoms with Gasteiger partial charge in [0.2, 0.25) is 0 Å². The molecule has 0 amide bonds. The van der Waals surface area contributed by atoms with Crippen LogP contribution in [0, 0.1) is 6.92 Å². The Kier molecular flexibility index (Phi) is 4.74. The van der Waals surface area contributed by atoms with Gasteiger partial charge in [-0.3, -0.25) is 4.90 Å². The molecule has 0 saturated carbocycles. The molecule has 2 aromatic carbocycles. The van der Waals surface area contributed by atoms with Crippen LogP contribution in [0.25, 0.3) is 10.9 Å². The summed E-state index contributed by atoms with van der Waals surface area (Å²) in [6.07, 6.45) is 2.39. The fourth-order valence-corrected chi connectivity index (χ4v) is 3.57. The fraction of sp³-hybridized carbons (Fsp3) is 0.300. The van der Waals surface area contributed by atoms with E-state index in [1.807, 2.05) is 0 Å². The molecule has 0 bridgehead atoms. The highest BCUT2D eigenvalue weighted by Crippen LogP contribution is 2.28. The zero-order valence-corrected chi connectivity index (χ0v) is 14.3. The number of aryl methyl sites for hydroxylation is 2. The van der Waals surface area contributed by atoms with Crippen molar-refractivity contribution in [1.29, 1.82) is 0 Å². The molecule has 1 aliphatic heterocycles. The second kappa shape index (κ2) is 6.77. The first-order valence-electron chi connectivity index (χ1n) is 8.16. The third kappa shape index (κ3) is 3.29. The van der Waals surface area contributed by atoms with Crippen molar-refractivity contribution >= 4 is 23.3 Å². The van der Waals surface area contributed by atoms with E-state index in [1.54, 1.807) is 0 Å². The molecule has 0 atom stereocenters. The van der Waals surface area contributed by atoms with Gasteiger partial charge in [0, 0.05) is 29.7 Å². The average Bonchev–Trinajstić information content (AvgIpc) is 2.73. The van der Waals surface area contributed by atoms with Crippen LogP contribution in [0.15, 0.2) is 48.5 Å². The standard InChI is InChI=1S/C20H22N2.ClH/c1-15-9-10-20-17(12-15)18-14-22(11-5-8-19(18)21-20)13-16-6-3-2-4-7-16;/h2-4,6-7,9-10,12,21H,5,8,11,13-14H2,1H3;1H. The maximum atomic E-state index is 3.64. The van der Waals surface area contributed by atoms with E-state index in [0.29, 0.717) is 0 Å². The van der Waals surface area contributed by atoms with Crippen LogP contribution in [0.1, 0.15) is 28.8 Å². The summed E-state index contributed by atoms with van der Waals surface area (Å²) < 4.78 is 0. The van der Waals surface area contributed by atoms with Crippen molar-refractivity contribution in [1.82, 2.24) is 9.88 Å². The molecular formula is C20H23ClN2. The lowest BCUT2D eigenvalue weighted by Crippen LogP contribution is -2.22. The molecule has 0 spiro atoms. The average molecular weight is 327 g/mol. The molecule has 0 radical (unpaired) electrons. The predicted molar refractivity (Wildman–Crippen MR) is 99.2 cm³/mol. The minimum atomic E-state index is 0. The fourth-order valence-electron chi connectivity index (χ4n) is 3.57. The Labute approximate surface area is 143 Å². The molecule has 0 fully saturated rings. The van der Waals surface area contributed by atoms with Crippen LogP contribution < -0.4 is 0 Å². The first kappa shape index (κ1) is 16.1. The van der Waals surface area contributed by atoms with Crippen molar-refractivity contribution in [2.24, 2.45) is 0 Å². The van der Waals surface area contributed by atoms with E-state index in [9.17, 15) is 0 Å². The molecule has 3 heteroatoms. The largest absolute Gasteiger partial charge is 0.358 e. The lowest BCUT2D eigenvalue weighted by molar-refractivity contribution is 0.262. The molecule has 23 heavy (non-hydrogen) atoms. The van der Waals surface area contributed by atoms with E-state index < -0.39 is 0 Å². The number of halogens is 1. The van der Waals surface area contributed by atoms with Crippen molar-refractivity contribution in [3.8, 4) is 0 Å². The highest BCUT2D eigenvalue weighted by molar-refractivity contribution is 5.85. The van der Waals surface area contributed by atoms with Crippen LogP contribution in [0.2, 0.25) is 0 Å². The molecule has 0 aliphatic carbocycles. The van der Waals surface area contributed by atoms with Crippen LogP contribution in [0.3, 0.4) is 0 Å². The topological polar surface area (TPSA) is 19.0 Å². The number of benzene rings is 2. The highest BCUT2D eigenvalue weighted by atomic mass is 35.5. The number of aromatic nitrogens is 1. The number of rotatable bonds is 2. The molecule has 3 aromatic rings. The smallest absolute Gasteiger partial charge is 0.0459 e. The number of aromatic amines is 1. The van der Waals surface area contributed by atoms with E-state index in [1.165, 1.54) is 46.3 Å². The van der Waals surface area contributed by atoms with E-state index in [-0.39, 0.29) is 12.4 Å². The second-order valence-corrected chi connectivity index (χ2v) is 6.43. The zero-order chi connectivity index (χ0) is 14.9. The molecule has 2 heterocycles. The Balaban J connectivity index is 0.00000156. The summed E-state index contributed by atoms with van der Waals surface area (Å²) in [5, 5.41) is 1.41. The highest BCUT2D eigenvalue weighted by Gasteiger charge is 2.19. The van der Waals surface area contributed by atoms with E-state index in [2.05, 4.69) is 65.3 Å². The molecular weight excluding hydrogens is 304 g/mol. The molecule has 2 nitrogen and oxygen atoms in total. The van der Waals surface area contributed by atoms with Gasteiger partial charge < -0.3 is 4.98 Å². The molecule has 4 rings (SSSR count). The molecule has 0 saturated heterocycles. The van der Waals surface area contributed by atoms with Crippen LogP contribution in [-0.2, 0) is 19.5 Å². The van der Waals surface area contributed by atoms with Crippen molar-refractivity contribution < 1.29 is 0 Å². The Morgan fingerprint density at radius 1 is 1.09 bits per heavy atom. The number of hydrogen-bond donors (Lipinski definition) is 1. The zero-order valence-electron chi connectivity index (χ0n) is 13.5. The minimum absolute atomic E-state index is 0. The SMILES string of the molecule is Cc1ccc2[nH]c3c(c2c1)CN(Cc1ccccc1)CCC3.Cl. The van der Waals surface area contributed by atoms with Gasteiger partial charge in [-0.1, -0.05) is 42.0 Å². The number of hydrogen-bond acceptors (Lipinski definition) is 1. The first-order valence-corrected chi connectivity index (χ1v) is 8.16. The maximum absolute atomic E-state index is 3.64. The van der Waals surface area contributed by atoms with Gasteiger partial charge in [-0.05, 0) is 49.6 Å². The second-order valence-electron chi connectivity index (χ2n) is 6.43. The lowest BCUT2D eigenvalue weighted by atomic mass is 10.1. The van der Waals surface area contributed by atoms with Gasteiger partial charge in [-0.25, -0.2) is 0 Å². The molecule has 120 valence electrons. The van der Waals surface area contributed by atoms with Crippen molar-refractivity contribution in [3.05, 3.63) is 70.9 Å². The van der Waals surface area contributed by atoms with E-state index >= 15 is 0 Å². The monoisotopic (exact) mass is 326 g/mol. The van der Waals surface area contributed by atoms with Crippen molar-refractivity contribution in [2.75, 3.05) is 6.54 Å². The summed E-state index contributed by atoms with van der Waals surface area (Å²) >= 11 is 0. The molecule has 0 unspecified atom stereocenters. The van der Waals surface area contributed by atoms with Crippen LogP contribution in [0.5, 0.6) is 0 Å². The summed E-state index contributed by atoms with van der Waals surface area (Å²) in [5.41, 5.74) is 6.98. The normalized spacial score (nSPS) is 15.0. The van der Waals surface area contributed by atoms with Crippen molar-refractivity contribution in [3.63, 3.8) is 0 Å². The third-order valence-corrected chi connectivity index (χ3v) is 4.68. The summed E-state index contributed by atoms with van der Waals surface area (Å²) in [7, 11) is 0. The van der Waals surface area contributed by atoms with Gasteiger partial charge in [0.1, 0.15) is 0 Å². The Morgan fingerprint density at radius 2 is 1.91 bits per heavy atom. The van der Waals surface area contributed by atoms with Crippen molar-refractivity contribution in [2.45, 2.75) is 32.9 Å². The van der Waals surface area contributed by atoms with Gasteiger partial charge in [0.15, 0.2) is 0 Å². The maximum Gasteiger partial charge on any atom is 0.0459 e. The summed E-state index contributed by atoms with van der Waals surface area (Å²) in [6, 6.07) is 17.6. The van der Waals surface area contributed by atoms with Crippen LogP contribution in [0.4, 0.5) is 0 Å². The van der Waals surface area contributed by atoms with Crippen LogP contribution >= 0.6 is 12.4 Å². The van der Waals surface area contributed by atoms with Gasteiger partial charge in [-0.2, -0.15) is 0 Å². The molecule has 1 aromatic heterocycles. The third-order valence-electron chi connectivity index (χ3n) is 4.68. The van der Waals surface area contributed by atoms with Gasteiger partial charge >= 0.3 is 0 Å². The Hall–Kier alpha value is -1.77. The quantitative estimate of drug-likeness (QED) is 0.713. The number of fused-ring (bicyclic) bond motifs is 3. The number of nitrogens with one attached hydrogen (secondary N) is 1. The van der Waals surface area contributed by atoms with E-state index in [4.69, 9.17) is 0 Å². The predicted octanol–water partition coefficient (Wildman–Crippen LogP) is 4.85. The number of H-pyrrole nitrogens is 1. The summed E-state index contributed by atoms with van der Waals surface area (Å²) in [5.74, 6) is 0. The van der Waals surface area contributed by atoms with Gasteiger partial charge in [0.05, 0.1) is 0 Å². The van der Waals surface area contributed by atoms with E-state index in [0.717, 1.165) is 19.5 Å². The summed E-state index contributed by atoms with van der Waals surface area (Å²) in [4.78, 5) is 6.22. The Morgan fingerprint density at radius 3 is 2.74 bits per heavy atom. The molecule has 1 aliphatic rings. The lowest BCUT2D eigenvalue weighted by Gasteiger charge is -2.20. The van der Waals surface area contributed by atoms with Crippen LogP contribution in [-0.4, -0.2) is 16.4 Å². The first-order chi connectivity index (χ1) is 10.8. The molecule has 1 N–H and O–H groups in total. The number of nitrogens with zero attached hydrogens (tertiary/aromatic N) is 1. The summed E-state index contributed by atoms with van der Waals surface area (Å²) in [6.45, 7) is 5.44. The van der Waals surface area contributed by atoms with Gasteiger partial charge in [0.25, 0.3) is 0 Å².